The van der Waals surface area contributed by atoms with Crippen LogP contribution < -0.4 is 5.32 Å². The summed E-state index contributed by atoms with van der Waals surface area (Å²) in [5, 5.41) is 2.60. The molecular formula is C17H23BrFN3O3S. The van der Waals surface area contributed by atoms with E-state index in [1.54, 1.807) is 6.07 Å². The quantitative estimate of drug-likeness (QED) is 0.743. The average molecular weight is 448 g/mol. The van der Waals surface area contributed by atoms with Gasteiger partial charge in [-0.05, 0) is 24.6 Å². The second kappa shape index (κ2) is 8.33. The van der Waals surface area contributed by atoms with Crippen molar-refractivity contribution in [3.63, 3.8) is 0 Å². The van der Waals surface area contributed by atoms with E-state index < -0.39 is 15.7 Å². The van der Waals surface area contributed by atoms with Crippen LogP contribution >= 0.6 is 15.9 Å². The Morgan fingerprint density at radius 1 is 1.27 bits per heavy atom. The van der Waals surface area contributed by atoms with Crippen LogP contribution in [0.2, 0.25) is 0 Å². The number of anilines is 1. The van der Waals surface area contributed by atoms with Crippen LogP contribution in [0.25, 0.3) is 0 Å². The first-order chi connectivity index (χ1) is 12.3. The second-order valence-corrected chi connectivity index (χ2v) is 10.0. The number of amides is 1. The van der Waals surface area contributed by atoms with E-state index in [-0.39, 0.29) is 23.4 Å². The van der Waals surface area contributed by atoms with Gasteiger partial charge in [-0.3, -0.25) is 9.69 Å². The summed E-state index contributed by atoms with van der Waals surface area (Å²) in [6, 6.07) is 4.68. The van der Waals surface area contributed by atoms with E-state index in [4.69, 9.17) is 0 Å². The van der Waals surface area contributed by atoms with Gasteiger partial charge in [0.1, 0.15) is 5.82 Å². The molecule has 1 aromatic carbocycles. The minimum Gasteiger partial charge on any atom is -0.324 e. The average Bonchev–Trinajstić information content (AvgIpc) is 2.96. The van der Waals surface area contributed by atoms with E-state index in [2.05, 4.69) is 31.0 Å². The lowest BCUT2D eigenvalue weighted by Gasteiger charge is -2.37. The first kappa shape index (κ1) is 19.7. The molecule has 0 bridgehead atoms. The van der Waals surface area contributed by atoms with Crippen molar-refractivity contribution in [3.8, 4) is 0 Å². The number of carbonyl (C=O) groups is 1. The van der Waals surface area contributed by atoms with Gasteiger partial charge in [0.15, 0.2) is 9.84 Å². The van der Waals surface area contributed by atoms with Gasteiger partial charge in [-0.15, -0.1) is 0 Å². The lowest BCUT2D eigenvalue weighted by Crippen LogP contribution is -2.51. The molecule has 0 aromatic heterocycles. The third-order valence-corrected chi connectivity index (χ3v) is 7.24. The molecule has 0 spiro atoms. The molecule has 0 saturated carbocycles. The van der Waals surface area contributed by atoms with Crippen molar-refractivity contribution in [2.24, 2.45) is 0 Å². The van der Waals surface area contributed by atoms with Gasteiger partial charge in [-0.25, -0.2) is 12.8 Å². The molecule has 6 nitrogen and oxygen atoms in total. The van der Waals surface area contributed by atoms with Crippen molar-refractivity contribution in [1.29, 1.82) is 0 Å². The molecule has 0 aliphatic carbocycles. The molecular weight excluding hydrogens is 425 g/mol. The zero-order chi connectivity index (χ0) is 18.7. The zero-order valence-corrected chi connectivity index (χ0v) is 16.9. The monoisotopic (exact) mass is 447 g/mol. The minimum atomic E-state index is -2.86. The van der Waals surface area contributed by atoms with Crippen LogP contribution in [0, 0.1) is 5.82 Å². The largest absolute Gasteiger partial charge is 0.324 e. The Morgan fingerprint density at radius 2 is 2.00 bits per heavy atom. The van der Waals surface area contributed by atoms with Gasteiger partial charge >= 0.3 is 0 Å². The summed E-state index contributed by atoms with van der Waals surface area (Å²) in [6.45, 7) is 3.89. The number of rotatable bonds is 5. The molecule has 1 amide bonds. The number of sulfone groups is 1. The van der Waals surface area contributed by atoms with Gasteiger partial charge < -0.3 is 10.2 Å². The number of carbonyl (C=O) groups excluding carboxylic acids is 1. The Morgan fingerprint density at radius 3 is 2.62 bits per heavy atom. The predicted molar refractivity (Wildman–Crippen MR) is 102 cm³/mol. The van der Waals surface area contributed by atoms with E-state index in [1.165, 1.54) is 12.1 Å². The van der Waals surface area contributed by atoms with Gasteiger partial charge in [0.05, 0.1) is 17.2 Å². The summed E-state index contributed by atoms with van der Waals surface area (Å²) in [5.74, 6) is -0.109. The third-order valence-electron chi connectivity index (χ3n) is 4.99. The van der Waals surface area contributed by atoms with Gasteiger partial charge in [0, 0.05) is 49.7 Å². The molecule has 9 heteroatoms. The van der Waals surface area contributed by atoms with E-state index in [1.807, 2.05) is 0 Å². The lowest BCUT2D eigenvalue weighted by atomic mass is 10.2. The predicted octanol–water partition coefficient (Wildman–Crippen LogP) is 1.72. The molecule has 26 heavy (non-hydrogen) atoms. The fourth-order valence-corrected chi connectivity index (χ4v) is 5.57. The van der Waals surface area contributed by atoms with Crippen LogP contribution in [-0.2, 0) is 14.6 Å². The fraction of sp³-hybridized carbons (Fsp3) is 0.588. The minimum absolute atomic E-state index is 0.144. The molecule has 1 atom stereocenters. The van der Waals surface area contributed by atoms with Crippen LogP contribution in [0.4, 0.5) is 10.1 Å². The fourth-order valence-electron chi connectivity index (χ4n) is 3.48. The molecule has 2 heterocycles. The Labute approximate surface area is 161 Å². The van der Waals surface area contributed by atoms with Gasteiger partial charge in [-0.1, -0.05) is 15.9 Å². The van der Waals surface area contributed by atoms with Crippen molar-refractivity contribution in [3.05, 3.63) is 28.5 Å². The number of nitrogens with zero attached hydrogens (tertiary/aromatic N) is 2. The van der Waals surface area contributed by atoms with E-state index in [0.29, 0.717) is 23.2 Å². The van der Waals surface area contributed by atoms with Gasteiger partial charge in [-0.2, -0.15) is 0 Å². The molecule has 2 fully saturated rings. The summed E-state index contributed by atoms with van der Waals surface area (Å²) >= 11 is 3.18. The standard InChI is InChI=1S/C17H23BrFN3O3S/c18-13-1-2-16(15(19)11-13)20-17(23)3-5-21-6-8-22(9-7-21)14-4-10-26(24,25)12-14/h1-2,11,14H,3-10,12H2,(H,20,23). The number of benzene rings is 1. The lowest BCUT2D eigenvalue weighted by molar-refractivity contribution is -0.116. The molecule has 0 radical (unpaired) electrons. The molecule has 2 aliphatic rings. The number of hydrogen-bond donors (Lipinski definition) is 1. The molecule has 3 rings (SSSR count). The number of nitrogens with one attached hydrogen (secondary N) is 1. The highest BCUT2D eigenvalue weighted by Crippen LogP contribution is 2.20. The van der Waals surface area contributed by atoms with E-state index in [0.717, 1.165) is 32.6 Å². The first-order valence-electron chi connectivity index (χ1n) is 8.74. The summed E-state index contributed by atoms with van der Waals surface area (Å²) in [6.07, 6.45) is 1.02. The summed E-state index contributed by atoms with van der Waals surface area (Å²) in [5.41, 5.74) is 0.186. The van der Waals surface area contributed by atoms with Crippen molar-refractivity contribution < 1.29 is 17.6 Å². The maximum Gasteiger partial charge on any atom is 0.225 e. The Balaban J connectivity index is 1.40. The molecule has 1 aromatic rings. The van der Waals surface area contributed by atoms with Crippen molar-refractivity contribution in [2.45, 2.75) is 18.9 Å². The second-order valence-electron chi connectivity index (χ2n) is 6.86. The number of hydrogen-bond acceptors (Lipinski definition) is 5. The van der Waals surface area contributed by atoms with E-state index in [9.17, 15) is 17.6 Å². The highest BCUT2D eigenvalue weighted by Gasteiger charge is 2.33. The normalized spacial score (nSPS) is 23.8. The maximum atomic E-state index is 13.7. The van der Waals surface area contributed by atoms with Crippen LogP contribution in [-0.4, -0.2) is 74.4 Å². The smallest absolute Gasteiger partial charge is 0.225 e. The maximum absolute atomic E-state index is 13.7. The highest BCUT2D eigenvalue weighted by molar-refractivity contribution is 9.10. The summed E-state index contributed by atoms with van der Waals surface area (Å²) in [4.78, 5) is 16.5. The molecule has 2 saturated heterocycles. The zero-order valence-electron chi connectivity index (χ0n) is 14.5. The molecule has 144 valence electrons. The Bertz CT molecular complexity index is 767. The van der Waals surface area contributed by atoms with Gasteiger partial charge in [0.25, 0.3) is 0 Å². The first-order valence-corrected chi connectivity index (χ1v) is 11.4. The van der Waals surface area contributed by atoms with Crippen LogP contribution in [0.5, 0.6) is 0 Å². The Kier molecular flexibility index (Phi) is 6.32. The molecule has 1 unspecified atom stereocenters. The molecule has 2 aliphatic heterocycles. The van der Waals surface area contributed by atoms with Crippen molar-refractivity contribution >= 4 is 37.4 Å². The third kappa shape index (κ3) is 5.25. The van der Waals surface area contributed by atoms with Crippen LogP contribution in [0.3, 0.4) is 0 Å². The van der Waals surface area contributed by atoms with Crippen molar-refractivity contribution in [2.75, 3.05) is 49.5 Å². The SMILES string of the molecule is O=C(CCN1CCN(C2CCS(=O)(=O)C2)CC1)Nc1ccc(Br)cc1F. The summed E-state index contributed by atoms with van der Waals surface area (Å²) < 4.78 is 37.6. The number of piperazine rings is 1. The summed E-state index contributed by atoms with van der Waals surface area (Å²) in [7, 11) is -2.86. The van der Waals surface area contributed by atoms with Crippen LogP contribution in [0.15, 0.2) is 22.7 Å². The van der Waals surface area contributed by atoms with E-state index >= 15 is 0 Å². The van der Waals surface area contributed by atoms with Gasteiger partial charge in [0.2, 0.25) is 5.91 Å². The Hall–Kier alpha value is -1.03. The topological polar surface area (TPSA) is 69.7 Å². The van der Waals surface area contributed by atoms with Crippen LogP contribution in [0.1, 0.15) is 12.8 Å². The molecule has 1 N–H and O–H groups in total. The highest BCUT2D eigenvalue weighted by atomic mass is 79.9. The van der Waals surface area contributed by atoms with Crippen molar-refractivity contribution in [1.82, 2.24) is 9.80 Å². The number of halogens is 2.